The second-order valence-corrected chi connectivity index (χ2v) is 5.10. The van der Waals surface area contributed by atoms with Crippen molar-refractivity contribution >= 4 is 5.91 Å². The fourth-order valence-corrected chi connectivity index (χ4v) is 2.26. The summed E-state index contributed by atoms with van der Waals surface area (Å²) in [5.41, 5.74) is 0. The van der Waals surface area contributed by atoms with E-state index in [4.69, 9.17) is 4.74 Å². The second-order valence-electron chi connectivity index (χ2n) is 5.10. The highest BCUT2D eigenvalue weighted by molar-refractivity contribution is 5.81. The molecule has 2 N–H and O–H groups in total. The molecule has 1 aliphatic heterocycles. The maximum absolute atomic E-state index is 12.5. The van der Waals surface area contributed by atoms with E-state index in [1.807, 2.05) is 0 Å². The van der Waals surface area contributed by atoms with Crippen LogP contribution in [0.5, 0.6) is 0 Å². The quantitative estimate of drug-likeness (QED) is 0.770. The summed E-state index contributed by atoms with van der Waals surface area (Å²) in [6, 6.07) is -0.617. The Morgan fingerprint density at radius 3 is 2.60 bits per heavy atom. The van der Waals surface area contributed by atoms with Crippen LogP contribution in [0.1, 0.15) is 12.8 Å². The first-order chi connectivity index (χ1) is 9.25. The van der Waals surface area contributed by atoms with Gasteiger partial charge in [0.05, 0.1) is 24.7 Å². The molecule has 1 fully saturated rings. The van der Waals surface area contributed by atoms with Crippen molar-refractivity contribution in [3.05, 3.63) is 0 Å². The summed E-state index contributed by atoms with van der Waals surface area (Å²) < 4.78 is 42.3. The van der Waals surface area contributed by atoms with Crippen molar-refractivity contribution in [1.29, 1.82) is 0 Å². The van der Waals surface area contributed by atoms with Crippen molar-refractivity contribution in [3.63, 3.8) is 0 Å². The number of alkyl halides is 3. The van der Waals surface area contributed by atoms with Crippen LogP contribution in [0, 0.1) is 5.92 Å². The lowest BCUT2D eigenvalue weighted by Gasteiger charge is -2.33. The zero-order valence-corrected chi connectivity index (χ0v) is 11.6. The Labute approximate surface area is 116 Å². The fourth-order valence-electron chi connectivity index (χ4n) is 2.26. The first-order valence-corrected chi connectivity index (χ1v) is 6.47. The first-order valence-electron chi connectivity index (χ1n) is 6.47. The average Bonchev–Trinajstić information content (AvgIpc) is 2.37. The number of piperidine rings is 1. The lowest BCUT2D eigenvalue weighted by atomic mass is 9.93. The fraction of sp³-hybridized carbons (Fsp3) is 0.917. The van der Waals surface area contributed by atoms with Crippen molar-refractivity contribution < 1.29 is 27.8 Å². The van der Waals surface area contributed by atoms with Gasteiger partial charge in [-0.3, -0.25) is 4.79 Å². The number of likely N-dealkylation sites (N-methyl/N-ethyl adjacent to an activating group) is 1. The molecular weight excluding hydrogens is 277 g/mol. The van der Waals surface area contributed by atoms with Crippen LogP contribution in [-0.4, -0.2) is 68.1 Å². The van der Waals surface area contributed by atoms with Gasteiger partial charge in [-0.05, 0) is 12.8 Å². The van der Waals surface area contributed by atoms with E-state index in [0.29, 0.717) is 0 Å². The monoisotopic (exact) mass is 298 g/mol. The van der Waals surface area contributed by atoms with E-state index >= 15 is 0 Å². The van der Waals surface area contributed by atoms with Crippen LogP contribution >= 0.6 is 0 Å². The summed E-state index contributed by atoms with van der Waals surface area (Å²) in [4.78, 5) is 13.3. The van der Waals surface area contributed by atoms with Gasteiger partial charge in [-0.25, -0.2) is 0 Å². The predicted molar refractivity (Wildman–Crippen MR) is 66.1 cm³/mol. The van der Waals surface area contributed by atoms with Crippen LogP contribution in [0.2, 0.25) is 0 Å². The lowest BCUT2D eigenvalue weighted by Crippen LogP contribution is -2.52. The highest BCUT2D eigenvalue weighted by Gasteiger charge is 2.42. The molecule has 0 bridgehead atoms. The number of methoxy groups -OCH3 is 1. The van der Waals surface area contributed by atoms with Gasteiger partial charge in [-0.15, -0.1) is 0 Å². The third-order valence-corrected chi connectivity index (χ3v) is 3.40. The van der Waals surface area contributed by atoms with Crippen molar-refractivity contribution in [2.45, 2.75) is 31.2 Å². The Hall–Kier alpha value is -0.860. The maximum Gasteiger partial charge on any atom is 0.393 e. The number of amides is 1. The van der Waals surface area contributed by atoms with E-state index in [1.165, 1.54) is 19.1 Å². The minimum Gasteiger partial charge on any atom is -0.389 e. The molecule has 0 aromatic rings. The molecule has 3 unspecified atom stereocenters. The molecule has 3 atom stereocenters. The molecule has 0 aliphatic carbocycles. The molecule has 0 radical (unpaired) electrons. The number of carbonyl (C=O) groups excluding carboxylic acids is 1. The zero-order chi connectivity index (χ0) is 15.3. The molecular formula is C12H21F3N2O3. The molecule has 20 heavy (non-hydrogen) atoms. The summed E-state index contributed by atoms with van der Waals surface area (Å²) in [6.07, 6.45) is -4.93. The highest BCUT2D eigenvalue weighted by atomic mass is 19.4. The number of nitrogens with one attached hydrogen (secondary N) is 1. The first kappa shape index (κ1) is 17.2. The Bertz CT molecular complexity index is 318. The van der Waals surface area contributed by atoms with Crippen molar-refractivity contribution in [2.75, 3.05) is 33.9 Å². The number of halogens is 3. The molecule has 1 rings (SSSR count). The van der Waals surface area contributed by atoms with Crippen molar-refractivity contribution in [3.8, 4) is 0 Å². The minimum absolute atomic E-state index is 0.0542. The summed E-state index contributed by atoms with van der Waals surface area (Å²) >= 11 is 0. The van der Waals surface area contributed by atoms with Crippen LogP contribution in [0.25, 0.3) is 0 Å². The van der Waals surface area contributed by atoms with Crippen molar-refractivity contribution in [1.82, 2.24) is 10.2 Å². The molecule has 1 amide bonds. The molecule has 0 spiro atoms. The lowest BCUT2D eigenvalue weighted by molar-refractivity contribution is -0.180. The maximum atomic E-state index is 12.5. The zero-order valence-electron chi connectivity index (χ0n) is 11.6. The number of ether oxygens (including phenoxy) is 1. The number of aliphatic hydroxyl groups is 1. The number of hydrogen-bond acceptors (Lipinski definition) is 4. The SMILES string of the molecule is COCC(O)CN(C)C(=O)C1CCC(C(F)(F)F)CN1. The Morgan fingerprint density at radius 1 is 1.50 bits per heavy atom. The van der Waals surface area contributed by atoms with E-state index in [2.05, 4.69) is 5.32 Å². The van der Waals surface area contributed by atoms with Gasteiger partial charge in [0, 0.05) is 27.2 Å². The summed E-state index contributed by atoms with van der Waals surface area (Å²) in [7, 11) is 2.95. The van der Waals surface area contributed by atoms with Gasteiger partial charge in [0.25, 0.3) is 0 Å². The third-order valence-electron chi connectivity index (χ3n) is 3.40. The van der Waals surface area contributed by atoms with E-state index < -0.39 is 24.2 Å². The molecule has 5 nitrogen and oxygen atoms in total. The Kier molecular flexibility index (Phi) is 6.22. The molecule has 1 aliphatic rings. The topological polar surface area (TPSA) is 61.8 Å². The van der Waals surface area contributed by atoms with Crippen LogP contribution in [0.4, 0.5) is 13.2 Å². The summed E-state index contributed by atoms with van der Waals surface area (Å²) in [6.45, 7) is -0.0478. The van der Waals surface area contributed by atoms with E-state index in [-0.39, 0.29) is 38.4 Å². The Morgan fingerprint density at radius 2 is 2.15 bits per heavy atom. The molecule has 118 valence electrons. The van der Waals surface area contributed by atoms with Gasteiger partial charge in [-0.1, -0.05) is 0 Å². The third kappa shape index (κ3) is 4.92. The molecule has 1 saturated heterocycles. The molecule has 0 aromatic heterocycles. The van der Waals surface area contributed by atoms with Crippen LogP contribution in [0.15, 0.2) is 0 Å². The van der Waals surface area contributed by atoms with Gasteiger partial charge >= 0.3 is 6.18 Å². The summed E-state index contributed by atoms with van der Waals surface area (Å²) in [5.74, 6) is -1.70. The average molecular weight is 298 g/mol. The highest BCUT2D eigenvalue weighted by Crippen LogP contribution is 2.32. The van der Waals surface area contributed by atoms with E-state index in [0.717, 1.165) is 0 Å². The second kappa shape index (κ2) is 7.24. The van der Waals surface area contributed by atoms with Gasteiger partial charge in [0.2, 0.25) is 5.91 Å². The largest absolute Gasteiger partial charge is 0.393 e. The van der Waals surface area contributed by atoms with Gasteiger partial charge in [0.1, 0.15) is 0 Å². The van der Waals surface area contributed by atoms with E-state index in [1.54, 1.807) is 0 Å². The number of rotatable bonds is 5. The molecule has 8 heteroatoms. The molecule has 0 saturated carbocycles. The van der Waals surface area contributed by atoms with Crippen molar-refractivity contribution in [2.24, 2.45) is 5.92 Å². The number of nitrogens with zero attached hydrogens (tertiary/aromatic N) is 1. The van der Waals surface area contributed by atoms with Crippen LogP contribution in [-0.2, 0) is 9.53 Å². The molecule has 0 aromatic carbocycles. The number of carbonyl (C=O) groups is 1. The Balaban J connectivity index is 2.42. The van der Waals surface area contributed by atoms with Gasteiger partial charge < -0.3 is 20.1 Å². The number of aliphatic hydroxyl groups excluding tert-OH is 1. The van der Waals surface area contributed by atoms with Crippen LogP contribution in [0.3, 0.4) is 0 Å². The van der Waals surface area contributed by atoms with Gasteiger partial charge in [0.15, 0.2) is 0 Å². The smallest absolute Gasteiger partial charge is 0.389 e. The normalized spacial score (nSPS) is 25.3. The number of hydrogen-bond donors (Lipinski definition) is 2. The summed E-state index contributed by atoms with van der Waals surface area (Å²) in [5, 5.41) is 12.2. The predicted octanol–water partition coefficient (Wildman–Crippen LogP) is 0.383. The van der Waals surface area contributed by atoms with E-state index in [9.17, 15) is 23.1 Å². The van der Waals surface area contributed by atoms with Crippen LogP contribution < -0.4 is 5.32 Å². The standard InChI is InChI=1S/C12H21F3N2O3/c1-17(6-9(18)7-20-2)11(19)10-4-3-8(5-16-10)12(13,14)15/h8-10,16,18H,3-7H2,1-2H3. The minimum atomic E-state index is -4.22. The van der Waals surface area contributed by atoms with Gasteiger partial charge in [-0.2, -0.15) is 13.2 Å². The molecule has 1 heterocycles.